The Bertz CT molecular complexity index is 1090. The molecule has 0 aromatic heterocycles. The van der Waals surface area contributed by atoms with Crippen molar-refractivity contribution < 1.29 is 19.4 Å². The van der Waals surface area contributed by atoms with Crippen LogP contribution in [0.2, 0.25) is 0 Å². The maximum absolute atomic E-state index is 12.4. The Morgan fingerprint density at radius 1 is 1.06 bits per heavy atom. The van der Waals surface area contributed by atoms with Crippen molar-refractivity contribution in [1.29, 1.82) is 0 Å². The average Bonchev–Trinajstić information content (AvgIpc) is 3.75. The third-order valence-corrected chi connectivity index (χ3v) is 7.99. The first-order chi connectivity index (χ1) is 16.2. The first-order valence-corrected chi connectivity index (χ1v) is 12.6. The number of nitrogens with zero attached hydrogens (tertiary/aromatic N) is 1. The van der Waals surface area contributed by atoms with Crippen molar-refractivity contribution in [1.82, 2.24) is 4.90 Å². The highest BCUT2D eigenvalue weighted by atomic mass is 16.5. The average molecular weight is 462 g/mol. The van der Waals surface area contributed by atoms with Gasteiger partial charge in [0.05, 0.1) is 12.2 Å². The molecule has 1 atom stereocenters. The minimum Gasteiger partial charge on any atom is -0.462 e. The summed E-state index contributed by atoms with van der Waals surface area (Å²) in [6.45, 7) is 8.05. The normalized spacial score (nSPS) is 22.0. The number of hydrogen-bond donors (Lipinski definition) is 1. The molecule has 2 aliphatic carbocycles. The molecule has 1 heterocycles. The van der Waals surface area contributed by atoms with Gasteiger partial charge in [-0.1, -0.05) is 44.2 Å². The van der Waals surface area contributed by atoms with Crippen molar-refractivity contribution in [2.45, 2.75) is 64.4 Å². The molecule has 0 radical (unpaired) electrons. The number of ether oxygens (including phenoxy) is 1. The van der Waals surface area contributed by atoms with E-state index in [1.807, 2.05) is 43.9 Å². The lowest BCUT2D eigenvalue weighted by Crippen LogP contribution is -2.45. The molecule has 3 fully saturated rings. The van der Waals surface area contributed by atoms with E-state index < -0.39 is 5.60 Å². The quantitative estimate of drug-likeness (QED) is 0.608. The zero-order chi connectivity index (χ0) is 24.1. The summed E-state index contributed by atoms with van der Waals surface area (Å²) in [5.74, 6) is 0.552. The van der Waals surface area contributed by atoms with E-state index in [0.717, 1.165) is 42.6 Å². The van der Waals surface area contributed by atoms with E-state index in [4.69, 9.17) is 4.74 Å². The Morgan fingerprint density at radius 2 is 1.74 bits per heavy atom. The third-order valence-electron chi connectivity index (χ3n) is 7.99. The molecule has 1 saturated heterocycles. The van der Waals surface area contributed by atoms with E-state index in [9.17, 15) is 14.7 Å². The molecule has 0 unspecified atom stereocenters. The number of hydrogen-bond acceptors (Lipinski definition) is 4. The van der Waals surface area contributed by atoms with Gasteiger partial charge in [-0.3, -0.25) is 4.79 Å². The highest BCUT2D eigenvalue weighted by molar-refractivity contribution is 5.90. The Balaban J connectivity index is 1.21. The third kappa shape index (κ3) is 4.38. The van der Waals surface area contributed by atoms with Crippen LogP contribution in [0.15, 0.2) is 42.5 Å². The summed E-state index contributed by atoms with van der Waals surface area (Å²) in [5, 5.41) is 10.1. The zero-order valence-electron chi connectivity index (χ0n) is 20.5. The Morgan fingerprint density at radius 3 is 2.32 bits per heavy atom. The van der Waals surface area contributed by atoms with Gasteiger partial charge in [0.1, 0.15) is 5.60 Å². The second-order valence-corrected chi connectivity index (χ2v) is 11.1. The smallest absolute Gasteiger partial charge is 0.338 e. The molecule has 180 valence electrons. The second kappa shape index (κ2) is 8.53. The minimum atomic E-state index is -1.05. The predicted octanol–water partition coefficient (Wildman–Crippen LogP) is 5.10. The van der Waals surface area contributed by atoms with Crippen molar-refractivity contribution in [2.75, 3.05) is 19.7 Å². The lowest BCUT2D eigenvalue weighted by molar-refractivity contribution is -0.144. The number of aryl methyl sites for hydroxylation is 1. The summed E-state index contributed by atoms with van der Waals surface area (Å²) in [5.41, 5.74) is 4.57. The summed E-state index contributed by atoms with van der Waals surface area (Å²) in [4.78, 5) is 26.6. The molecule has 0 bridgehead atoms. The molecule has 5 rings (SSSR count). The van der Waals surface area contributed by atoms with E-state index in [-0.39, 0.29) is 11.9 Å². The molecule has 5 heteroatoms. The highest BCUT2D eigenvalue weighted by Crippen LogP contribution is 2.65. The van der Waals surface area contributed by atoms with E-state index in [0.29, 0.717) is 42.3 Å². The van der Waals surface area contributed by atoms with E-state index in [1.165, 1.54) is 12.0 Å². The number of benzene rings is 2. The van der Waals surface area contributed by atoms with Gasteiger partial charge < -0.3 is 14.7 Å². The molecule has 5 nitrogen and oxygen atoms in total. The molecule has 2 aromatic rings. The van der Waals surface area contributed by atoms with Gasteiger partial charge in [-0.15, -0.1) is 0 Å². The van der Waals surface area contributed by atoms with Crippen LogP contribution in [0, 0.1) is 18.3 Å². The molecular formula is C29H35NO4. The van der Waals surface area contributed by atoms with Crippen molar-refractivity contribution in [2.24, 2.45) is 11.3 Å². The minimum absolute atomic E-state index is 0.0570. The Kier molecular flexibility index (Phi) is 5.79. The fourth-order valence-electron chi connectivity index (χ4n) is 5.49. The van der Waals surface area contributed by atoms with Crippen LogP contribution in [0.5, 0.6) is 0 Å². The standard InChI is InChI=1S/C29H35NO4/c1-19(2)18-34-26(31)23-8-9-24(20(3)16-23)21-4-6-22(7-5-21)25-17-28(25)12-14-30(15-13-28)27(32)29(33)10-11-29/h4-9,16,19,25,33H,10-15,17-18H2,1-3H3/t25-/m1/s1. The molecule has 2 saturated carbocycles. The van der Waals surface area contributed by atoms with Gasteiger partial charge in [0, 0.05) is 13.1 Å². The number of esters is 1. The second-order valence-electron chi connectivity index (χ2n) is 11.1. The summed E-state index contributed by atoms with van der Waals surface area (Å²) < 4.78 is 5.36. The number of carbonyl (C=O) groups excluding carboxylic acids is 2. The zero-order valence-corrected chi connectivity index (χ0v) is 20.5. The number of rotatable bonds is 6. The number of aliphatic hydroxyl groups is 1. The summed E-state index contributed by atoms with van der Waals surface area (Å²) in [7, 11) is 0. The number of likely N-dealkylation sites (tertiary alicyclic amines) is 1. The van der Waals surface area contributed by atoms with Gasteiger partial charge in [-0.2, -0.15) is 0 Å². The number of amides is 1. The Hall–Kier alpha value is -2.66. The van der Waals surface area contributed by atoms with Crippen LogP contribution in [-0.2, 0) is 9.53 Å². The lowest BCUT2D eigenvalue weighted by Gasteiger charge is -2.34. The van der Waals surface area contributed by atoms with Gasteiger partial charge in [0.25, 0.3) is 5.91 Å². The summed E-state index contributed by atoms with van der Waals surface area (Å²) >= 11 is 0. The van der Waals surface area contributed by atoms with E-state index >= 15 is 0 Å². The van der Waals surface area contributed by atoms with Gasteiger partial charge in [-0.05, 0) is 90.7 Å². The monoisotopic (exact) mass is 461 g/mol. The van der Waals surface area contributed by atoms with Gasteiger partial charge in [-0.25, -0.2) is 4.79 Å². The van der Waals surface area contributed by atoms with E-state index in [1.54, 1.807) is 0 Å². The van der Waals surface area contributed by atoms with Crippen molar-refractivity contribution in [3.05, 3.63) is 59.2 Å². The first-order valence-electron chi connectivity index (χ1n) is 12.6. The fourth-order valence-corrected chi connectivity index (χ4v) is 5.49. The van der Waals surface area contributed by atoms with Gasteiger partial charge >= 0.3 is 5.97 Å². The highest BCUT2D eigenvalue weighted by Gasteiger charge is 2.57. The summed E-state index contributed by atoms with van der Waals surface area (Å²) in [6, 6.07) is 14.6. The largest absolute Gasteiger partial charge is 0.462 e. The van der Waals surface area contributed by atoms with Crippen molar-refractivity contribution in [3.63, 3.8) is 0 Å². The Labute approximate surface area is 202 Å². The fraction of sp³-hybridized carbons (Fsp3) is 0.517. The molecule has 1 amide bonds. The molecule has 1 spiro atoms. The van der Waals surface area contributed by atoms with Gasteiger partial charge in [0.2, 0.25) is 0 Å². The SMILES string of the molecule is Cc1cc(C(=O)OCC(C)C)ccc1-c1ccc([C@H]2CC23CCN(C(=O)C2(O)CC2)CC3)cc1. The van der Waals surface area contributed by atoms with Crippen molar-refractivity contribution in [3.8, 4) is 11.1 Å². The molecule has 34 heavy (non-hydrogen) atoms. The first kappa shape index (κ1) is 23.1. The predicted molar refractivity (Wildman–Crippen MR) is 132 cm³/mol. The lowest BCUT2D eigenvalue weighted by atomic mass is 9.88. The van der Waals surface area contributed by atoms with Crippen LogP contribution in [-0.4, -0.2) is 47.2 Å². The van der Waals surface area contributed by atoms with Gasteiger partial charge in [0.15, 0.2) is 0 Å². The van der Waals surface area contributed by atoms with Crippen LogP contribution >= 0.6 is 0 Å². The maximum Gasteiger partial charge on any atom is 0.338 e. The molecular weight excluding hydrogens is 426 g/mol. The number of piperidine rings is 1. The van der Waals surface area contributed by atoms with Crippen molar-refractivity contribution >= 4 is 11.9 Å². The topological polar surface area (TPSA) is 66.8 Å². The van der Waals surface area contributed by atoms with E-state index in [2.05, 4.69) is 24.3 Å². The van der Waals surface area contributed by atoms with Crippen LogP contribution in [0.3, 0.4) is 0 Å². The van der Waals surface area contributed by atoms with Crippen LogP contribution < -0.4 is 0 Å². The number of carbonyl (C=O) groups is 2. The maximum atomic E-state index is 12.4. The van der Waals surface area contributed by atoms with Crippen LogP contribution in [0.1, 0.15) is 73.4 Å². The molecule has 1 aliphatic heterocycles. The summed E-state index contributed by atoms with van der Waals surface area (Å²) in [6.07, 6.45) is 4.47. The van der Waals surface area contributed by atoms with Crippen LogP contribution in [0.4, 0.5) is 0 Å². The molecule has 1 N–H and O–H groups in total. The molecule has 2 aromatic carbocycles. The molecule has 3 aliphatic rings. The van der Waals surface area contributed by atoms with Crippen LogP contribution in [0.25, 0.3) is 11.1 Å².